The van der Waals surface area contributed by atoms with Crippen molar-refractivity contribution in [3.63, 3.8) is 0 Å². The van der Waals surface area contributed by atoms with Gasteiger partial charge in [-0.3, -0.25) is 9.52 Å². The molecular formula is C27H20Cl4N2O4S. The number of carbonyl (C=O) groups excluding carboxylic acids is 1. The summed E-state index contributed by atoms with van der Waals surface area (Å²) in [4.78, 5) is 12.9. The quantitative estimate of drug-likeness (QED) is 0.202. The molecule has 0 fully saturated rings. The maximum absolute atomic E-state index is 13.1. The Morgan fingerprint density at radius 2 is 1.47 bits per heavy atom. The predicted octanol–water partition coefficient (Wildman–Crippen LogP) is 7.87. The van der Waals surface area contributed by atoms with E-state index < -0.39 is 15.9 Å². The number of hydrogen-bond acceptors (Lipinski definition) is 4. The second-order valence-electron chi connectivity index (χ2n) is 8.04. The third-order valence-electron chi connectivity index (χ3n) is 5.36. The van der Waals surface area contributed by atoms with Crippen LogP contribution in [0.1, 0.15) is 15.9 Å². The van der Waals surface area contributed by atoms with E-state index in [1.807, 2.05) is 0 Å². The lowest BCUT2D eigenvalue weighted by Crippen LogP contribution is -2.27. The minimum absolute atomic E-state index is 0.0269. The summed E-state index contributed by atoms with van der Waals surface area (Å²) in [6.45, 7) is 0.241. The van der Waals surface area contributed by atoms with Crippen LogP contribution >= 0.6 is 46.4 Å². The van der Waals surface area contributed by atoms with Crippen molar-refractivity contribution in [2.75, 3.05) is 11.3 Å². The van der Waals surface area contributed by atoms with Crippen molar-refractivity contribution in [3.8, 4) is 11.5 Å². The van der Waals surface area contributed by atoms with Gasteiger partial charge >= 0.3 is 0 Å². The highest BCUT2D eigenvalue weighted by atomic mass is 35.5. The van der Waals surface area contributed by atoms with Gasteiger partial charge in [-0.25, -0.2) is 8.42 Å². The van der Waals surface area contributed by atoms with Gasteiger partial charge in [-0.2, -0.15) is 0 Å². The van der Waals surface area contributed by atoms with Gasteiger partial charge in [-0.15, -0.1) is 0 Å². The van der Waals surface area contributed by atoms with E-state index in [0.717, 1.165) is 5.56 Å². The third kappa shape index (κ3) is 7.12. The van der Waals surface area contributed by atoms with E-state index in [1.165, 1.54) is 42.5 Å². The molecule has 0 aliphatic heterocycles. The molecule has 0 bridgehead atoms. The molecule has 0 aromatic heterocycles. The van der Waals surface area contributed by atoms with Crippen molar-refractivity contribution in [3.05, 3.63) is 116 Å². The van der Waals surface area contributed by atoms with Crippen LogP contribution in [0.2, 0.25) is 20.1 Å². The Bertz CT molecular complexity index is 1580. The van der Waals surface area contributed by atoms with Gasteiger partial charge < -0.3 is 10.1 Å². The van der Waals surface area contributed by atoms with E-state index in [1.54, 1.807) is 42.5 Å². The lowest BCUT2D eigenvalue weighted by atomic mass is 10.1. The summed E-state index contributed by atoms with van der Waals surface area (Å²) in [7, 11) is -4.04. The molecule has 0 aliphatic rings. The largest absolute Gasteiger partial charge is 0.456 e. The van der Waals surface area contributed by atoms with Crippen LogP contribution in [-0.4, -0.2) is 20.9 Å². The monoisotopic (exact) mass is 608 g/mol. The number of anilines is 1. The topological polar surface area (TPSA) is 84.5 Å². The van der Waals surface area contributed by atoms with Gasteiger partial charge in [-0.1, -0.05) is 58.5 Å². The van der Waals surface area contributed by atoms with Crippen molar-refractivity contribution in [1.29, 1.82) is 0 Å². The maximum Gasteiger partial charge on any atom is 0.261 e. The van der Waals surface area contributed by atoms with Gasteiger partial charge in [0.15, 0.2) is 0 Å². The number of halogens is 4. The van der Waals surface area contributed by atoms with Gasteiger partial charge in [0.25, 0.3) is 15.9 Å². The van der Waals surface area contributed by atoms with E-state index in [0.29, 0.717) is 33.0 Å². The van der Waals surface area contributed by atoms with Crippen molar-refractivity contribution in [2.24, 2.45) is 0 Å². The van der Waals surface area contributed by atoms with E-state index in [-0.39, 0.29) is 27.7 Å². The summed E-state index contributed by atoms with van der Waals surface area (Å²) in [5.74, 6) is 0.340. The molecule has 6 nitrogen and oxygen atoms in total. The Labute approximate surface area is 240 Å². The molecule has 0 aliphatic carbocycles. The fourth-order valence-electron chi connectivity index (χ4n) is 3.48. The van der Waals surface area contributed by atoms with Crippen LogP contribution in [0, 0.1) is 0 Å². The number of sulfonamides is 1. The lowest BCUT2D eigenvalue weighted by Gasteiger charge is -2.14. The standard InChI is InChI=1S/C27H20Cl4N2O4S/c28-18-5-11-23(30)17(15-18)13-14-32-27(34)22-16-19(29)6-12-25(22)33-38(35,36)21-9-7-20(8-10-21)37-26-4-2-1-3-24(26)31/h1-12,15-16,33H,13-14H2,(H,32,34). The zero-order valence-electron chi connectivity index (χ0n) is 19.6. The zero-order chi connectivity index (χ0) is 27.3. The predicted molar refractivity (Wildman–Crippen MR) is 153 cm³/mol. The molecular weight excluding hydrogens is 590 g/mol. The van der Waals surface area contributed by atoms with Gasteiger partial charge in [-0.05, 0) is 84.8 Å². The molecule has 2 N–H and O–H groups in total. The minimum Gasteiger partial charge on any atom is -0.456 e. The van der Waals surface area contributed by atoms with Crippen LogP contribution in [0.4, 0.5) is 5.69 Å². The Morgan fingerprint density at radius 1 is 0.789 bits per heavy atom. The average Bonchev–Trinajstić information content (AvgIpc) is 2.88. The number of benzene rings is 4. The van der Waals surface area contributed by atoms with Crippen molar-refractivity contribution in [2.45, 2.75) is 11.3 Å². The van der Waals surface area contributed by atoms with E-state index in [4.69, 9.17) is 51.1 Å². The van der Waals surface area contributed by atoms with Crippen LogP contribution in [0.25, 0.3) is 0 Å². The molecule has 4 aromatic rings. The van der Waals surface area contributed by atoms with Crippen LogP contribution in [-0.2, 0) is 16.4 Å². The van der Waals surface area contributed by atoms with Gasteiger partial charge in [0.05, 0.1) is 21.2 Å². The normalized spacial score (nSPS) is 11.2. The Balaban J connectivity index is 1.47. The van der Waals surface area contributed by atoms with E-state index in [9.17, 15) is 13.2 Å². The molecule has 0 heterocycles. The molecule has 0 spiro atoms. The van der Waals surface area contributed by atoms with Crippen LogP contribution in [0.15, 0.2) is 89.8 Å². The number of rotatable bonds is 9. The summed E-state index contributed by atoms with van der Waals surface area (Å²) in [5, 5.41) is 4.53. The van der Waals surface area contributed by atoms with E-state index >= 15 is 0 Å². The first-order valence-corrected chi connectivity index (χ1v) is 14.2. The molecule has 1 amide bonds. The van der Waals surface area contributed by atoms with Crippen LogP contribution < -0.4 is 14.8 Å². The lowest BCUT2D eigenvalue weighted by molar-refractivity contribution is 0.0955. The summed E-state index contributed by atoms with van der Waals surface area (Å²) in [5.41, 5.74) is 0.912. The van der Waals surface area contributed by atoms with Crippen molar-refractivity contribution < 1.29 is 17.9 Å². The average molecular weight is 610 g/mol. The van der Waals surface area contributed by atoms with Gasteiger partial charge in [0.2, 0.25) is 0 Å². The molecule has 0 atom stereocenters. The highest BCUT2D eigenvalue weighted by molar-refractivity contribution is 7.92. The summed E-state index contributed by atoms with van der Waals surface area (Å²) in [6, 6.07) is 22.1. The Hall–Kier alpha value is -2.94. The Morgan fingerprint density at radius 3 is 2.21 bits per heavy atom. The summed E-state index contributed by atoms with van der Waals surface area (Å²) < 4.78 is 34.4. The molecule has 0 saturated heterocycles. The highest BCUT2D eigenvalue weighted by Gasteiger charge is 2.20. The fourth-order valence-corrected chi connectivity index (χ4v) is 5.31. The second kappa shape index (κ2) is 12.3. The fraction of sp³-hybridized carbons (Fsp3) is 0.0741. The van der Waals surface area contributed by atoms with E-state index in [2.05, 4.69) is 10.0 Å². The number of hydrogen-bond donors (Lipinski definition) is 2. The highest BCUT2D eigenvalue weighted by Crippen LogP contribution is 2.30. The van der Waals surface area contributed by atoms with Crippen molar-refractivity contribution in [1.82, 2.24) is 5.32 Å². The summed E-state index contributed by atoms with van der Waals surface area (Å²) >= 11 is 24.4. The molecule has 0 radical (unpaired) electrons. The smallest absolute Gasteiger partial charge is 0.261 e. The molecule has 0 saturated carbocycles. The number of carbonyl (C=O) groups is 1. The molecule has 38 heavy (non-hydrogen) atoms. The molecule has 4 rings (SSSR count). The molecule has 11 heteroatoms. The first-order chi connectivity index (χ1) is 18.1. The van der Waals surface area contributed by atoms with Crippen molar-refractivity contribution >= 4 is 68.0 Å². The van der Waals surface area contributed by atoms with Gasteiger partial charge in [0, 0.05) is 21.6 Å². The second-order valence-corrected chi connectivity index (χ2v) is 11.4. The molecule has 196 valence electrons. The number of nitrogens with one attached hydrogen (secondary N) is 2. The summed E-state index contributed by atoms with van der Waals surface area (Å²) in [6.07, 6.45) is 0.426. The van der Waals surface area contributed by atoms with Crippen LogP contribution in [0.3, 0.4) is 0 Å². The van der Waals surface area contributed by atoms with Crippen LogP contribution in [0.5, 0.6) is 11.5 Å². The molecule has 0 unspecified atom stereocenters. The number of ether oxygens (including phenoxy) is 1. The number of para-hydroxylation sites is 1. The first-order valence-electron chi connectivity index (χ1n) is 11.2. The molecule has 4 aromatic carbocycles. The number of amides is 1. The first kappa shape index (κ1) is 28.1. The third-order valence-corrected chi connectivity index (χ3v) is 7.89. The maximum atomic E-state index is 13.1. The zero-order valence-corrected chi connectivity index (χ0v) is 23.4. The SMILES string of the molecule is O=C(NCCc1cc(Cl)ccc1Cl)c1cc(Cl)ccc1NS(=O)(=O)c1ccc(Oc2ccccc2Cl)cc1. The van der Waals surface area contributed by atoms with Gasteiger partial charge in [0.1, 0.15) is 11.5 Å². The minimum atomic E-state index is -4.04. The Kier molecular flexibility index (Phi) is 9.07.